The van der Waals surface area contributed by atoms with E-state index in [-0.39, 0.29) is 69.1 Å². The number of carbonyl (C=O) groups excluding carboxylic acids is 2. The summed E-state index contributed by atoms with van der Waals surface area (Å²) in [5, 5.41) is 9.11. The SMILES string of the molecule is CC1CCN(c2ccc(C(=O)Nc3n[nH]c4ccc(S(=O)(=O)c5cc(Cl)cc(Cl)c5)nc34)c(N(C(=O)C(F)(F)F)C3CCOCC3)c2)CC1. The second-order valence-electron chi connectivity index (χ2n) is 12.1. The predicted molar refractivity (Wildman–Crippen MR) is 178 cm³/mol. The number of sulfone groups is 1. The van der Waals surface area contributed by atoms with Crippen LogP contribution in [0.2, 0.25) is 10.0 Å². The molecule has 0 radical (unpaired) electrons. The van der Waals surface area contributed by atoms with E-state index >= 15 is 0 Å². The maximum atomic E-state index is 14.1. The first-order valence-electron chi connectivity index (χ1n) is 15.5. The van der Waals surface area contributed by atoms with Crippen molar-refractivity contribution < 1.29 is 35.9 Å². The van der Waals surface area contributed by atoms with Gasteiger partial charge in [-0.2, -0.15) is 18.3 Å². The fourth-order valence-corrected chi connectivity index (χ4v) is 7.94. The molecule has 4 aromatic rings. The van der Waals surface area contributed by atoms with Gasteiger partial charge in [0.05, 0.1) is 21.7 Å². The van der Waals surface area contributed by atoms with Crippen LogP contribution >= 0.6 is 23.2 Å². The van der Waals surface area contributed by atoms with Crippen LogP contribution in [0, 0.1) is 5.92 Å². The summed E-state index contributed by atoms with van der Waals surface area (Å²) in [7, 11) is -4.22. The summed E-state index contributed by atoms with van der Waals surface area (Å²) in [6.07, 6.45) is -3.19. The Hall–Kier alpha value is -3.92. The molecular weight excluding hydrogens is 708 g/mol. The minimum Gasteiger partial charge on any atom is -0.381 e. The van der Waals surface area contributed by atoms with Gasteiger partial charge < -0.3 is 19.9 Å². The molecule has 0 spiro atoms. The van der Waals surface area contributed by atoms with Gasteiger partial charge in [-0.05, 0) is 80.1 Å². The average Bonchev–Trinajstić information content (AvgIpc) is 3.46. The molecule has 0 saturated carbocycles. The molecule has 11 nitrogen and oxygen atoms in total. The lowest BCUT2D eigenvalue weighted by Crippen LogP contribution is -2.50. The van der Waals surface area contributed by atoms with E-state index in [9.17, 15) is 31.2 Å². The topological polar surface area (TPSA) is 138 Å². The fraction of sp³-hybridized carbons (Fsp3) is 0.375. The molecule has 0 unspecified atom stereocenters. The molecule has 0 bridgehead atoms. The van der Waals surface area contributed by atoms with Crippen LogP contribution in [0.3, 0.4) is 0 Å². The Kier molecular flexibility index (Phi) is 9.81. The van der Waals surface area contributed by atoms with Crippen molar-refractivity contribution in [3.8, 4) is 0 Å². The molecule has 6 rings (SSSR count). The normalized spacial score (nSPS) is 16.6. The van der Waals surface area contributed by atoms with Crippen LogP contribution in [-0.2, 0) is 19.4 Å². The number of nitrogens with one attached hydrogen (secondary N) is 2. The van der Waals surface area contributed by atoms with Crippen molar-refractivity contribution in [2.75, 3.05) is 41.4 Å². The highest BCUT2D eigenvalue weighted by atomic mass is 35.5. The highest BCUT2D eigenvalue weighted by Gasteiger charge is 2.46. The zero-order valence-electron chi connectivity index (χ0n) is 26.1. The second kappa shape index (κ2) is 13.8. The monoisotopic (exact) mass is 738 g/mol. The third-order valence-corrected chi connectivity index (χ3v) is 10.8. The van der Waals surface area contributed by atoms with Gasteiger partial charge in [-0.1, -0.05) is 30.1 Å². The van der Waals surface area contributed by atoms with Gasteiger partial charge in [-0.3, -0.25) is 14.7 Å². The van der Waals surface area contributed by atoms with Crippen LogP contribution in [0.25, 0.3) is 11.0 Å². The van der Waals surface area contributed by atoms with E-state index in [1.165, 1.54) is 42.5 Å². The average molecular weight is 740 g/mol. The number of hydrogen-bond acceptors (Lipinski definition) is 8. The van der Waals surface area contributed by atoms with Gasteiger partial charge in [0.2, 0.25) is 9.84 Å². The van der Waals surface area contributed by atoms with Crippen LogP contribution in [0.5, 0.6) is 0 Å². The number of benzene rings is 2. The number of ether oxygens (including phenoxy) is 1. The van der Waals surface area contributed by atoms with E-state index < -0.39 is 38.9 Å². The van der Waals surface area contributed by atoms with E-state index in [4.69, 9.17) is 27.9 Å². The molecule has 49 heavy (non-hydrogen) atoms. The van der Waals surface area contributed by atoms with E-state index in [1.807, 2.05) is 4.90 Å². The minimum atomic E-state index is -5.22. The van der Waals surface area contributed by atoms with E-state index in [2.05, 4.69) is 27.4 Å². The molecule has 2 N–H and O–H groups in total. The molecule has 2 fully saturated rings. The number of carbonyl (C=O) groups is 2. The predicted octanol–water partition coefficient (Wildman–Crippen LogP) is 6.66. The number of amides is 2. The standard InChI is InChI=1S/C32H31Cl2F3N6O5S/c1-18-6-10-42(11-7-18)22-2-3-24(26(17-22)43(31(45)32(35,36)37)21-8-12-48-13-9-21)30(44)39-29-28-25(40-41-29)4-5-27(38-28)49(46,47)23-15-19(33)14-20(34)16-23/h2-5,14-18,21H,6-13H2,1H3,(H2,39,40,41,44). The number of aromatic amines is 1. The fourth-order valence-electron chi connectivity index (χ4n) is 6.02. The van der Waals surface area contributed by atoms with Gasteiger partial charge in [0, 0.05) is 48.1 Å². The molecule has 260 valence electrons. The zero-order valence-corrected chi connectivity index (χ0v) is 28.4. The number of halogens is 5. The van der Waals surface area contributed by atoms with Crippen molar-refractivity contribution in [1.82, 2.24) is 15.2 Å². The van der Waals surface area contributed by atoms with Crippen LogP contribution in [0.15, 0.2) is 58.5 Å². The number of nitrogens with zero attached hydrogens (tertiary/aromatic N) is 4. The molecule has 2 aliphatic rings. The maximum Gasteiger partial charge on any atom is 0.471 e. The van der Waals surface area contributed by atoms with Gasteiger partial charge in [0.1, 0.15) is 5.52 Å². The lowest BCUT2D eigenvalue weighted by atomic mass is 9.98. The first-order valence-corrected chi connectivity index (χ1v) is 17.7. The molecule has 4 heterocycles. The van der Waals surface area contributed by atoms with Gasteiger partial charge in [-0.15, -0.1) is 0 Å². The summed E-state index contributed by atoms with van der Waals surface area (Å²) < 4.78 is 74.6. The smallest absolute Gasteiger partial charge is 0.381 e. The number of pyridine rings is 1. The van der Waals surface area contributed by atoms with Crippen LogP contribution < -0.4 is 15.1 Å². The van der Waals surface area contributed by atoms with Crippen molar-refractivity contribution in [1.29, 1.82) is 0 Å². The van der Waals surface area contributed by atoms with Gasteiger partial charge in [-0.25, -0.2) is 13.4 Å². The highest BCUT2D eigenvalue weighted by Crippen LogP contribution is 2.36. The van der Waals surface area contributed by atoms with E-state index in [0.29, 0.717) is 29.6 Å². The molecular formula is C32H31Cl2F3N6O5S. The molecule has 0 atom stereocenters. The first kappa shape index (κ1) is 34.9. The Balaban J connectivity index is 1.40. The number of piperidine rings is 1. The van der Waals surface area contributed by atoms with Crippen molar-refractivity contribution in [2.24, 2.45) is 5.92 Å². The number of H-pyrrole nitrogens is 1. The quantitative estimate of drug-likeness (QED) is 0.215. The second-order valence-corrected chi connectivity index (χ2v) is 14.8. The third-order valence-electron chi connectivity index (χ3n) is 8.69. The molecule has 2 aromatic carbocycles. The summed E-state index contributed by atoms with van der Waals surface area (Å²) in [4.78, 5) is 33.7. The first-order chi connectivity index (χ1) is 23.2. The number of rotatable bonds is 7. The number of alkyl halides is 3. The summed E-state index contributed by atoms with van der Waals surface area (Å²) in [5.74, 6) is -2.67. The van der Waals surface area contributed by atoms with Crippen LogP contribution in [0.1, 0.15) is 43.0 Å². The van der Waals surface area contributed by atoms with Crippen molar-refractivity contribution in [3.05, 3.63) is 64.1 Å². The summed E-state index contributed by atoms with van der Waals surface area (Å²) in [5.41, 5.74) is 0.386. The molecule has 2 aliphatic heterocycles. The Morgan fingerprint density at radius 1 is 1.00 bits per heavy atom. The Bertz CT molecular complexity index is 1990. The number of aromatic nitrogens is 3. The van der Waals surface area contributed by atoms with E-state index in [1.54, 1.807) is 6.07 Å². The molecule has 2 amide bonds. The Morgan fingerprint density at radius 2 is 1.67 bits per heavy atom. The van der Waals surface area contributed by atoms with Crippen LogP contribution in [0.4, 0.5) is 30.4 Å². The maximum absolute atomic E-state index is 14.1. The molecule has 2 aromatic heterocycles. The largest absolute Gasteiger partial charge is 0.471 e. The summed E-state index contributed by atoms with van der Waals surface area (Å²) in [6.45, 7) is 3.75. The van der Waals surface area contributed by atoms with Crippen LogP contribution in [-0.4, -0.2) is 73.9 Å². The number of anilines is 3. The molecule has 17 heteroatoms. The Labute approximate surface area is 289 Å². The number of fused-ring (bicyclic) bond motifs is 1. The van der Waals surface area contributed by atoms with Crippen molar-refractivity contribution in [3.63, 3.8) is 0 Å². The lowest BCUT2D eigenvalue weighted by molar-refractivity contribution is -0.171. The van der Waals surface area contributed by atoms with Gasteiger partial charge in [0.15, 0.2) is 10.8 Å². The highest BCUT2D eigenvalue weighted by molar-refractivity contribution is 7.91. The third kappa shape index (κ3) is 7.35. The van der Waals surface area contributed by atoms with E-state index in [0.717, 1.165) is 12.8 Å². The van der Waals surface area contributed by atoms with Gasteiger partial charge in [0.25, 0.3) is 5.91 Å². The summed E-state index contributed by atoms with van der Waals surface area (Å²) in [6, 6.07) is 10.0. The zero-order chi connectivity index (χ0) is 35.1. The molecule has 0 aliphatic carbocycles. The minimum absolute atomic E-state index is 0.0317. The van der Waals surface area contributed by atoms with Gasteiger partial charge >= 0.3 is 12.1 Å². The summed E-state index contributed by atoms with van der Waals surface area (Å²) >= 11 is 12.0. The van der Waals surface area contributed by atoms with Crippen molar-refractivity contribution >= 4 is 73.1 Å². The van der Waals surface area contributed by atoms with Crippen molar-refractivity contribution in [2.45, 2.75) is 54.7 Å². The number of hydrogen-bond donors (Lipinski definition) is 2. The molecule has 2 saturated heterocycles. The lowest BCUT2D eigenvalue weighted by Gasteiger charge is -2.37. The Morgan fingerprint density at radius 3 is 2.33 bits per heavy atom.